The van der Waals surface area contributed by atoms with Crippen molar-refractivity contribution in [3.8, 4) is 0 Å². The van der Waals surface area contributed by atoms with Crippen LogP contribution in [0.5, 0.6) is 0 Å². The van der Waals surface area contributed by atoms with Gasteiger partial charge in [0.1, 0.15) is 0 Å². The molecule has 1 fully saturated rings. The molecule has 0 saturated carbocycles. The first-order chi connectivity index (χ1) is 10.3. The molecule has 1 aromatic rings. The van der Waals surface area contributed by atoms with Crippen LogP contribution in [0.25, 0.3) is 0 Å². The summed E-state index contributed by atoms with van der Waals surface area (Å²) in [5.41, 5.74) is 4.42. The molecular weight excluding hydrogens is 388 g/mol. The lowest BCUT2D eigenvalue weighted by Crippen LogP contribution is -2.53. The highest BCUT2D eigenvalue weighted by Gasteiger charge is 2.40. The van der Waals surface area contributed by atoms with E-state index in [2.05, 4.69) is 0 Å². The Hall–Kier alpha value is -0.540. The Kier molecular flexibility index (Phi) is 6.27. The lowest BCUT2D eigenvalue weighted by atomic mass is 9.81. The van der Waals surface area contributed by atoms with Crippen LogP contribution in [0.3, 0.4) is 0 Å². The highest BCUT2D eigenvalue weighted by atomic mass is 35.5. The van der Waals surface area contributed by atoms with E-state index >= 15 is 0 Å². The zero-order chi connectivity index (χ0) is 17.6. The molecule has 24 heavy (non-hydrogen) atoms. The molecule has 0 amide bonds. The largest absolute Gasteiger partial charge is 0.416 e. The number of benzene rings is 1. The third kappa shape index (κ3) is 4.35. The number of nitrogens with zero attached hydrogens (tertiary/aromatic N) is 1. The predicted molar refractivity (Wildman–Crippen MR) is 88.8 cm³/mol. The molecule has 4 nitrogen and oxygen atoms in total. The Balaban J connectivity index is 0.00000288. The van der Waals surface area contributed by atoms with Gasteiger partial charge in [-0.15, -0.1) is 12.4 Å². The molecule has 0 spiro atoms. The number of hydrogen-bond acceptors (Lipinski definition) is 3. The van der Waals surface area contributed by atoms with E-state index in [-0.39, 0.29) is 36.6 Å². The third-order valence-corrected chi connectivity index (χ3v) is 6.15. The molecule has 1 heterocycles. The van der Waals surface area contributed by atoms with Gasteiger partial charge in [0, 0.05) is 24.2 Å². The van der Waals surface area contributed by atoms with Crippen molar-refractivity contribution in [3.63, 3.8) is 0 Å². The van der Waals surface area contributed by atoms with Gasteiger partial charge in [0.15, 0.2) is 0 Å². The van der Waals surface area contributed by atoms with Crippen LogP contribution in [0, 0.1) is 5.41 Å². The number of piperidine rings is 1. The fraction of sp³-hybridized carbons (Fsp3) is 0.571. The minimum absolute atomic E-state index is 0. The predicted octanol–water partition coefficient (Wildman–Crippen LogP) is 3.53. The van der Waals surface area contributed by atoms with Gasteiger partial charge in [0.05, 0.1) is 10.5 Å². The Labute approximate surface area is 150 Å². The SMILES string of the molecule is CC1(C)CN(S(=O)(=O)c2cc(Cl)cc(C(F)(F)F)c2)CCC1N.Cl. The van der Waals surface area contributed by atoms with E-state index in [0.717, 1.165) is 6.07 Å². The van der Waals surface area contributed by atoms with Gasteiger partial charge in [-0.2, -0.15) is 17.5 Å². The Morgan fingerprint density at radius 1 is 1.29 bits per heavy atom. The van der Waals surface area contributed by atoms with Crippen LogP contribution in [0.2, 0.25) is 5.02 Å². The van der Waals surface area contributed by atoms with E-state index in [1.807, 2.05) is 13.8 Å². The van der Waals surface area contributed by atoms with E-state index in [9.17, 15) is 21.6 Å². The molecule has 1 aliphatic heterocycles. The van der Waals surface area contributed by atoms with Crippen molar-refractivity contribution in [1.82, 2.24) is 4.31 Å². The lowest BCUT2D eigenvalue weighted by molar-refractivity contribution is -0.137. The van der Waals surface area contributed by atoms with Gasteiger partial charge < -0.3 is 5.73 Å². The summed E-state index contributed by atoms with van der Waals surface area (Å²) in [6.07, 6.45) is -4.22. The van der Waals surface area contributed by atoms with Gasteiger partial charge in [-0.1, -0.05) is 25.4 Å². The molecule has 10 heteroatoms. The van der Waals surface area contributed by atoms with E-state index in [1.54, 1.807) is 0 Å². The summed E-state index contributed by atoms with van der Waals surface area (Å²) in [6.45, 7) is 3.97. The fourth-order valence-corrected chi connectivity index (χ4v) is 4.55. The van der Waals surface area contributed by atoms with Crippen LogP contribution in [0.4, 0.5) is 13.2 Å². The summed E-state index contributed by atoms with van der Waals surface area (Å²) in [7, 11) is -4.07. The van der Waals surface area contributed by atoms with Gasteiger partial charge >= 0.3 is 6.18 Å². The second-order valence-electron chi connectivity index (χ2n) is 6.40. The first kappa shape index (κ1) is 21.5. The Bertz CT molecular complexity index is 708. The zero-order valence-electron chi connectivity index (χ0n) is 13.1. The van der Waals surface area contributed by atoms with Crippen molar-refractivity contribution in [2.75, 3.05) is 13.1 Å². The summed E-state index contributed by atoms with van der Waals surface area (Å²) < 4.78 is 65.1. The monoisotopic (exact) mass is 406 g/mol. The molecule has 2 N–H and O–H groups in total. The molecule has 0 aliphatic carbocycles. The fourth-order valence-electron chi connectivity index (χ4n) is 2.55. The summed E-state index contributed by atoms with van der Waals surface area (Å²) in [5.74, 6) is 0. The van der Waals surface area contributed by atoms with Crippen LogP contribution in [0.15, 0.2) is 23.1 Å². The molecule has 1 aromatic carbocycles. The first-order valence-electron chi connectivity index (χ1n) is 6.97. The molecule has 1 unspecified atom stereocenters. The average Bonchev–Trinajstić information content (AvgIpc) is 2.40. The van der Waals surface area contributed by atoms with Gasteiger partial charge in [0.2, 0.25) is 10.0 Å². The summed E-state index contributed by atoms with van der Waals surface area (Å²) in [4.78, 5) is -0.455. The van der Waals surface area contributed by atoms with Crippen molar-refractivity contribution in [2.24, 2.45) is 11.1 Å². The maximum atomic E-state index is 12.9. The maximum Gasteiger partial charge on any atom is 0.416 e. The first-order valence-corrected chi connectivity index (χ1v) is 8.79. The topological polar surface area (TPSA) is 63.4 Å². The molecule has 2 rings (SSSR count). The molecule has 138 valence electrons. The van der Waals surface area contributed by atoms with Crippen LogP contribution >= 0.6 is 24.0 Å². The Morgan fingerprint density at radius 2 is 1.88 bits per heavy atom. The molecule has 1 aliphatic rings. The maximum absolute atomic E-state index is 12.9. The van der Waals surface area contributed by atoms with Crippen molar-refractivity contribution >= 4 is 34.0 Å². The molecule has 1 saturated heterocycles. The lowest BCUT2D eigenvalue weighted by Gasteiger charge is -2.41. The van der Waals surface area contributed by atoms with E-state index in [4.69, 9.17) is 17.3 Å². The second kappa shape index (κ2) is 6.99. The molecular formula is C14H19Cl2F3N2O2S. The number of sulfonamides is 1. The quantitative estimate of drug-likeness (QED) is 0.816. The minimum atomic E-state index is -4.67. The summed E-state index contributed by atoms with van der Waals surface area (Å²) in [5, 5.41) is -0.272. The van der Waals surface area contributed by atoms with Crippen molar-refractivity contribution in [1.29, 1.82) is 0 Å². The minimum Gasteiger partial charge on any atom is -0.327 e. The highest BCUT2D eigenvalue weighted by Crippen LogP contribution is 2.35. The van der Waals surface area contributed by atoms with Crippen molar-refractivity contribution < 1.29 is 21.6 Å². The zero-order valence-corrected chi connectivity index (χ0v) is 15.5. The average molecular weight is 407 g/mol. The third-order valence-electron chi connectivity index (χ3n) is 4.11. The molecule has 0 radical (unpaired) electrons. The number of halogens is 5. The number of hydrogen-bond donors (Lipinski definition) is 1. The molecule has 0 aromatic heterocycles. The van der Waals surface area contributed by atoms with Crippen LogP contribution in [-0.2, 0) is 16.2 Å². The van der Waals surface area contributed by atoms with Crippen LogP contribution in [0.1, 0.15) is 25.8 Å². The van der Waals surface area contributed by atoms with Crippen molar-refractivity contribution in [2.45, 2.75) is 37.4 Å². The summed E-state index contributed by atoms with van der Waals surface area (Å²) >= 11 is 5.68. The standard InChI is InChI=1S/C14H18ClF3N2O2S.ClH/c1-13(2)8-20(4-3-12(13)19)23(21,22)11-6-9(14(16,17)18)5-10(15)7-11;/h5-7,12H,3-4,8,19H2,1-2H3;1H. The van der Waals surface area contributed by atoms with E-state index in [0.29, 0.717) is 18.6 Å². The smallest absolute Gasteiger partial charge is 0.327 e. The normalized spacial score (nSPS) is 22.0. The number of alkyl halides is 3. The van der Waals surface area contributed by atoms with Gasteiger partial charge in [0.25, 0.3) is 0 Å². The molecule has 1 atom stereocenters. The van der Waals surface area contributed by atoms with Crippen LogP contribution in [-0.4, -0.2) is 31.9 Å². The second-order valence-corrected chi connectivity index (χ2v) is 8.77. The Morgan fingerprint density at radius 3 is 2.38 bits per heavy atom. The number of nitrogens with two attached hydrogens (primary N) is 1. The molecule has 0 bridgehead atoms. The highest BCUT2D eigenvalue weighted by molar-refractivity contribution is 7.89. The van der Waals surface area contributed by atoms with Crippen molar-refractivity contribution in [3.05, 3.63) is 28.8 Å². The van der Waals surface area contributed by atoms with Crippen LogP contribution < -0.4 is 5.73 Å². The van der Waals surface area contributed by atoms with E-state index in [1.165, 1.54) is 4.31 Å². The van der Waals surface area contributed by atoms with Gasteiger partial charge in [-0.05, 0) is 30.0 Å². The summed E-state index contributed by atoms with van der Waals surface area (Å²) in [6, 6.07) is 2.19. The number of rotatable bonds is 2. The van der Waals surface area contributed by atoms with E-state index < -0.39 is 32.1 Å². The van der Waals surface area contributed by atoms with Gasteiger partial charge in [-0.25, -0.2) is 8.42 Å². The van der Waals surface area contributed by atoms with Gasteiger partial charge in [-0.3, -0.25) is 0 Å².